The van der Waals surface area contributed by atoms with Crippen molar-refractivity contribution in [2.24, 2.45) is 5.73 Å². The van der Waals surface area contributed by atoms with Crippen molar-refractivity contribution in [2.45, 2.75) is 0 Å². The number of ether oxygens (including phenoxy) is 1. The summed E-state index contributed by atoms with van der Waals surface area (Å²) in [6.07, 6.45) is 1.57. The predicted molar refractivity (Wildman–Crippen MR) is 84.4 cm³/mol. The third kappa shape index (κ3) is 3.36. The molecule has 0 amide bonds. The van der Waals surface area contributed by atoms with E-state index in [1.54, 1.807) is 30.5 Å². The number of rotatable bonds is 3. The molecule has 0 aliphatic carbocycles. The van der Waals surface area contributed by atoms with Gasteiger partial charge in [-0.05, 0) is 34.1 Å². The van der Waals surface area contributed by atoms with Gasteiger partial charge in [-0.1, -0.05) is 35.4 Å². The Hall–Kier alpha value is -0.880. The lowest BCUT2D eigenvalue weighted by Gasteiger charge is -2.11. The molecule has 0 fully saturated rings. The Morgan fingerprint density at radius 2 is 2.05 bits per heavy atom. The number of aromatic nitrogens is 1. The summed E-state index contributed by atoms with van der Waals surface area (Å²) in [5, 5.41) is 0.878. The molecule has 2 N–H and O–H groups in total. The van der Waals surface area contributed by atoms with Gasteiger partial charge in [-0.15, -0.1) is 0 Å². The maximum absolute atomic E-state index is 6.08. The van der Waals surface area contributed by atoms with E-state index in [1.165, 1.54) is 0 Å². The van der Waals surface area contributed by atoms with Crippen LogP contribution in [0.3, 0.4) is 0 Å². The van der Waals surface area contributed by atoms with Crippen LogP contribution in [0.4, 0.5) is 0 Å². The number of benzene rings is 1. The Balaban J connectivity index is 2.42. The lowest BCUT2D eigenvalue weighted by Crippen LogP contribution is -2.11. The molecule has 0 unspecified atom stereocenters. The minimum absolute atomic E-state index is 0.197. The molecule has 7 heteroatoms. The highest BCUT2D eigenvalue weighted by atomic mass is 79.9. The summed E-state index contributed by atoms with van der Waals surface area (Å²) in [5.41, 5.74) is 6.14. The SMILES string of the molecule is NC(=S)c1cccnc1Oc1cc(Cl)c(Br)cc1Cl. The highest BCUT2D eigenvalue weighted by Crippen LogP contribution is 2.36. The third-order valence-electron chi connectivity index (χ3n) is 2.22. The van der Waals surface area contributed by atoms with E-state index < -0.39 is 0 Å². The van der Waals surface area contributed by atoms with Gasteiger partial charge in [-0.2, -0.15) is 0 Å². The van der Waals surface area contributed by atoms with Crippen LogP contribution in [0.2, 0.25) is 10.0 Å². The molecule has 1 aromatic carbocycles. The van der Waals surface area contributed by atoms with Crippen LogP contribution in [-0.4, -0.2) is 9.97 Å². The molecular weight excluding hydrogens is 371 g/mol. The van der Waals surface area contributed by atoms with Crippen LogP contribution in [0.15, 0.2) is 34.9 Å². The fourth-order valence-electron chi connectivity index (χ4n) is 1.35. The average molecular weight is 378 g/mol. The van der Waals surface area contributed by atoms with Crippen LogP contribution in [0.1, 0.15) is 5.56 Å². The number of hydrogen-bond donors (Lipinski definition) is 1. The number of pyridine rings is 1. The van der Waals surface area contributed by atoms with Crippen LogP contribution >= 0.6 is 51.3 Å². The molecule has 1 aromatic heterocycles. The Labute approximate surface area is 133 Å². The van der Waals surface area contributed by atoms with Gasteiger partial charge in [-0.3, -0.25) is 0 Å². The third-order valence-corrected chi connectivity index (χ3v) is 3.93. The lowest BCUT2D eigenvalue weighted by atomic mass is 10.2. The van der Waals surface area contributed by atoms with Crippen LogP contribution in [0.5, 0.6) is 11.6 Å². The van der Waals surface area contributed by atoms with Crippen molar-refractivity contribution in [1.29, 1.82) is 0 Å². The second kappa shape index (κ2) is 6.05. The molecule has 0 bridgehead atoms. The van der Waals surface area contributed by atoms with E-state index in [0.29, 0.717) is 25.8 Å². The standard InChI is InChI=1S/C12H7BrCl2N2OS/c13-7-4-9(15)10(5-8(7)14)18-12-6(11(16)19)2-1-3-17-12/h1-5H,(H2,16,19). The van der Waals surface area contributed by atoms with Gasteiger partial charge in [0.1, 0.15) is 10.7 Å². The number of hydrogen-bond acceptors (Lipinski definition) is 3. The number of thiocarbonyl (C=S) groups is 1. The van der Waals surface area contributed by atoms with E-state index in [4.69, 9.17) is 45.9 Å². The molecule has 0 spiro atoms. The molecule has 0 atom stereocenters. The van der Waals surface area contributed by atoms with Crippen molar-refractivity contribution in [3.05, 3.63) is 50.5 Å². The molecule has 98 valence electrons. The summed E-state index contributed by atoms with van der Waals surface area (Å²) in [7, 11) is 0. The molecule has 2 rings (SSSR count). The minimum atomic E-state index is 0.197. The van der Waals surface area contributed by atoms with Gasteiger partial charge in [0.05, 0.1) is 15.6 Å². The van der Waals surface area contributed by atoms with E-state index >= 15 is 0 Å². The van der Waals surface area contributed by atoms with Crippen molar-refractivity contribution < 1.29 is 4.74 Å². The van der Waals surface area contributed by atoms with Gasteiger partial charge in [0.15, 0.2) is 0 Å². The van der Waals surface area contributed by atoms with Gasteiger partial charge in [0, 0.05) is 16.7 Å². The largest absolute Gasteiger partial charge is 0.437 e. The fraction of sp³-hybridized carbons (Fsp3) is 0. The zero-order valence-electron chi connectivity index (χ0n) is 9.36. The Bertz CT molecular complexity index is 652. The Kier molecular flexibility index (Phi) is 4.62. The summed E-state index contributed by atoms with van der Waals surface area (Å²) in [6, 6.07) is 6.67. The summed E-state index contributed by atoms with van der Waals surface area (Å²) in [5.74, 6) is 0.668. The van der Waals surface area contributed by atoms with Gasteiger partial charge in [-0.25, -0.2) is 4.98 Å². The van der Waals surface area contributed by atoms with Gasteiger partial charge in [0.2, 0.25) is 5.88 Å². The van der Waals surface area contributed by atoms with E-state index in [1.807, 2.05) is 0 Å². The summed E-state index contributed by atoms with van der Waals surface area (Å²) >= 11 is 20.3. The normalized spacial score (nSPS) is 10.3. The molecule has 2 aromatic rings. The van der Waals surface area contributed by atoms with E-state index in [0.717, 1.165) is 0 Å². The number of nitrogens with two attached hydrogens (primary N) is 1. The molecule has 0 saturated carbocycles. The highest BCUT2D eigenvalue weighted by Gasteiger charge is 2.12. The van der Waals surface area contributed by atoms with Gasteiger partial charge in [0.25, 0.3) is 0 Å². The van der Waals surface area contributed by atoms with Crippen LogP contribution < -0.4 is 10.5 Å². The van der Waals surface area contributed by atoms with Gasteiger partial charge >= 0.3 is 0 Å². The average Bonchev–Trinajstić information content (AvgIpc) is 2.36. The monoisotopic (exact) mass is 376 g/mol. The molecule has 0 aliphatic rings. The Morgan fingerprint density at radius 3 is 2.74 bits per heavy atom. The molecule has 0 radical (unpaired) electrons. The topological polar surface area (TPSA) is 48.1 Å². The van der Waals surface area contributed by atoms with Crippen LogP contribution in [-0.2, 0) is 0 Å². The summed E-state index contributed by atoms with van der Waals surface area (Å²) < 4.78 is 6.30. The highest BCUT2D eigenvalue weighted by molar-refractivity contribution is 9.10. The smallest absolute Gasteiger partial charge is 0.229 e. The predicted octanol–water partition coefficient (Wildman–Crippen LogP) is 4.58. The van der Waals surface area contributed by atoms with E-state index in [9.17, 15) is 0 Å². The summed E-state index contributed by atoms with van der Waals surface area (Å²) in [4.78, 5) is 4.28. The van der Waals surface area contributed by atoms with Gasteiger partial charge < -0.3 is 10.5 Å². The molecule has 0 saturated heterocycles. The number of nitrogens with zero attached hydrogens (tertiary/aromatic N) is 1. The zero-order chi connectivity index (χ0) is 14.0. The van der Waals surface area contributed by atoms with Crippen LogP contribution in [0, 0.1) is 0 Å². The fourth-order valence-corrected chi connectivity index (χ4v) is 2.33. The Morgan fingerprint density at radius 1 is 1.32 bits per heavy atom. The van der Waals surface area contributed by atoms with Crippen LogP contribution in [0.25, 0.3) is 0 Å². The number of halogens is 3. The second-order valence-electron chi connectivity index (χ2n) is 3.52. The lowest BCUT2D eigenvalue weighted by molar-refractivity contribution is 0.462. The molecule has 3 nitrogen and oxygen atoms in total. The van der Waals surface area contributed by atoms with E-state index in [2.05, 4.69) is 20.9 Å². The minimum Gasteiger partial charge on any atom is -0.437 e. The van der Waals surface area contributed by atoms with Crippen molar-refractivity contribution in [3.8, 4) is 11.6 Å². The van der Waals surface area contributed by atoms with E-state index in [-0.39, 0.29) is 10.9 Å². The maximum atomic E-state index is 6.08. The molecule has 0 aliphatic heterocycles. The molecule has 1 heterocycles. The maximum Gasteiger partial charge on any atom is 0.229 e. The quantitative estimate of drug-likeness (QED) is 0.628. The zero-order valence-corrected chi connectivity index (χ0v) is 13.3. The first-order chi connectivity index (χ1) is 8.99. The van der Waals surface area contributed by atoms with Crippen molar-refractivity contribution in [1.82, 2.24) is 4.98 Å². The van der Waals surface area contributed by atoms with Crippen molar-refractivity contribution in [3.63, 3.8) is 0 Å². The van der Waals surface area contributed by atoms with Crippen molar-refractivity contribution in [2.75, 3.05) is 0 Å². The molecule has 19 heavy (non-hydrogen) atoms. The van der Waals surface area contributed by atoms with Crippen molar-refractivity contribution >= 4 is 56.3 Å². The molecular formula is C12H7BrCl2N2OS. The first-order valence-corrected chi connectivity index (χ1v) is 7.02. The first kappa shape index (κ1) is 14.5. The second-order valence-corrected chi connectivity index (χ2v) is 5.63. The first-order valence-electron chi connectivity index (χ1n) is 5.06. The summed E-state index contributed by atoms with van der Waals surface area (Å²) in [6.45, 7) is 0.